The minimum atomic E-state index is -0.879. The zero-order valence-corrected chi connectivity index (χ0v) is 12.6. The molecule has 3 N–H and O–H groups in total. The fraction of sp³-hybridized carbons (Fsp3) is 0.867. The lowest BCUT2D eigenvalue weighted by atomic mass is 9.83. The second kappa shape index (κ2) is 6.02. The Morgan fingerprint density at radius 2 is 2.00 bits per heavy atom. The van der Waals surface area contributed by atoms with Crippen molar-refractivity contribution in [3.8, 4) is 0 Å². The molecule has 2 aliphatic rings. The average molecular weight is 281 g/mol. The fourth-order valence-corrected chi connectivity index (χ4v) is 3.75. The van der Waals surface area contributed by atoms with Crippen molar-refractivity contribution < 1.29 is 10.0 Å². The average Bonchev–Trinajstić information content (AvgIpc) is 3.14. The van der Waals surface area contributed by atoms with Crippen molar-refractivity contribution in [3.05, 3.63) is 0 Å². The number of nitrogens with two attached hydrogens (primary N) is 1. The van der Waals surface area contributed by atoms with Crippen molar-refractivity contribution in [2.75, 3.05) is 6.54 Å². The Morgan fingerprint density at radius 1 is 1.35 bits per heavy atom. The van der Waals surface area contributed by atoms with Gasteiger partial charge in [0.15, 0.2) is 5.84 Å². The Morgan fingerprint density at radius 3 is 2.55 bits per heavy atom. The summed E-state index contributed by atoms with van der Waals surface area (Å²) in [5.41, 5.74) is 4.90. The Kier molecular flexibility index (Phi) is 4.55. The summed E-state index contributed by atoms with van der Waals surface area (Å²) >= 11 is 0. The lowest BCUT2D eigenvalue weighted by Crippen LogP contribution is -2.52. The largest absolute Gasteiger partial charge is 0.409 e. The van der Waals surface area contributed by atoms with Crippen molar-refractivity contribution in [2.45, 2.75) is 64.8 Å². The molecule has 0 aromatic carbocycles. The summed E-state index contributed by atoms with van der Waals surface area (Å²) in [5.74, 6) is 0.710. The van der Waals surface area contributed by atoms with Gasteiger partial charge in [-0.25, -0.2) is 0 Å². The smallest absolute Gasteiger partial charge is 0.236 e. The third-order valence-electron chi connectivity index (χ3n) is 5.36. The molecule has 20 heavy (non-hydrogen) atoms. The van der Waals surface area contributed by atoms with E-state index in [9.17, 15) is 4.79 Å². The molecular weight excluding hydrogens is 254 g/mol. The molecule has 2 rings (SSSR count). The maximum absolute atomic E-state index is 12.9. The number of nitrogens with zero attached hydrogens (tertiary/aromatic N) is 2. The Balaban J connectivity index is 2.18. The number of rotatable bonds is 4. The van der Waals surface area contributed by atoms with E-state index in [1.165, 1.54) is 25.7 Å². The molecule has 5 nitrogen and oxygen atoms in total. The number of oxime groups is 1. The summed E-state index contributed by atoms with van der Waals surface area (Å²) in [6.45, 7) is 4.51. The second-order valence-electron chi connectivity index (χ2n) is 6.42. The lowest BCUT2D eigenvalue weighted by Gasteiger charge is -2.36. The molecule has 2 atom stereocenters. The van der Waals surface area contributed by atoms with Crippen LogP contribution in [0, 0.1) is 11.3 Å². The van der Waals surface area contributed by atoms with Crippen LogP contribution in [0.3, 0.4) is 0 Å². The van der Waals surface area contributed by atoms with E-state index in [-0.39, 0.29) is 11.7 Å². The van der Waals surface area contributed by atoms with Crippen LogP contribution in [0.2, 0.25) is 0 Å². The van der Waals surface area contributed by atoms with E-state index in [0.29, 0.717) is 18.4 Å². The van der Waals surface area contributed by atoms with Gasteiger partial charge in [-0.3, -0.25) is 4.79 Å². The predicted octanol–water partition coefficient (Wildman–Crippen LogP) is 2.33. The molecule has 0 radical (unpaired) electrons. The lowest BCUT2D eigenvalue weighted by molar-refractivity contribution is -0.139. The van der Waals surface area contributed by atoms with E-state index in [1.807, 2.05) is 11.8 Å². The van der Waals surface area contributed by atoms with Gasteiger partial charge < -0.3 is 15.8 Å². The highest BCUT2D eigenvalue weighted by atomic mass is 16.4. The molecule has 114 valence electrons. The van der Waals surface area contributed by atoms with Gasteiger partial charge in [0.2, 0.25) is 5.91 Å². The molecule has 1 aliphatic carbocycles. The number of amides is 1. The minimum absolute atomic E-state index is 0.0297. The Bertz CT molecular complexity index is 391. The molecule has 1 amide bonds. The quantitative estimate of drug-likeness (QED) is 0.359. The molecule has 0 aromatic heterocycles. The number of carbonyl (C=O) groups is 1. The SMILES string of the molecule is CCC(C)(C(=O)N1CCCC1C1CCCC1)C(N)=NO. The maximum Gasteiger partial charge on any atom is 0.236 e. The van der Waals surface area contributed by atoms with E-state index in [1.54, 1.807) is 6.92 Å². The molecule has 0 aromatic rings. The van der Waals surface area contributed by atoms with Gasteiger partial charge in [-0.05, 0) is 44.9 Å². The van der Waals surface area contributed by atoms with Crippen LogP contribution in [0.15, 0.2) is 5.16 Å². The number of likely N-dealkylation sites (tertiary alicyclic amines) is 1. The normalized spacial score (nSPS) is 27.8. The van der Waals surface area contributed by atoms with Crippen molar-refractivity contribution in [1.29, 1.82) is 0 Å². The first-order valence-corrected chi connectivity index (χ1v) is 7.83. The van der Waals surface area contributed by atoms with Crippen LogP contribution in [-0.4, -0.2) is 34.4 Å². The summed E-state index contributed by atoms with van der Waals surface area (Å²) in [7, 11) is 0. The van der Waals surface area contributed by atoms with Crippen LogP contribution in [0.4, 0.5) is 0 Å². The number of amidine groups is 1. The van der Waals surface area contributed by atoms with E-state index >= 15 is 0 Å². The van der Waals surface area contributed by atoms with E-state index < -0.39 is 5.41 Å². The van der Waals surface area contributed by atoms with Gasteiger partial charge in [-0.15, -0.1) is 0 Å². The first-order chi connectivity index (χ1) is 9.54. The summed E-state index contributed by atoms with van der Waals surface area (Å²) in [5, 5.41) is 12.1. The number of carbonyl (C=O) groups excluding carboxylic acids is 1. The molecule has 1 heterocycles. The van der Waals surface area contributed by atoms with Crippen LogP contribution in [0.25, 0.3) is 0 Å². The van der Waals surface area contributed by atoms with Crippen LogP contribution >= 0.6 is 0 Å². The molecule has 2 fully saturated rings. The van der Waals surface area contributed by atoms with Gasteiger partial charge in [-0.2, -0.15) is 0 Å². The fourth-order valence-electron chi connectivity index (χ4n) is 3.75. The van der Waals surface area contributed by atoms with E-state index in [0.717, 1.165) is 19.4 Å². The molecule has 0 spiro atoms. The maximum atomic E-state index is 12.9. The Labute approximate surface area is 121 Å². The Hall–Kier alpha value is -1.26. The molecule has 5 heteroatoms. The van der Waals surface area contributed by atoms with Crippen LogP contribution < -0.4 is 5.73 Å². The summed E-state index contributed by atoms with van der Waals surface area (Å²) in [6, 6.07) is 0.363. The predicted molar refractivity (Wildman–Crippen MR) is 78.5 cm³/mol. The standard InChI is InChI=1S/C15H27N3O2/c1-3-15(2,13(16)17-20)14(19)18-10-6-9-12(18)11-7-4-5-8-11/h11-12,20H,3-10H2,1-2H3,(H2,16,17). The molecule has 0 bridgehead atoms. The van der Waals surface area contributed by atoms with E-state index in [2.05, 4.69) is 5.16 Å². The van der Waals surface area contributed by atoms with Crippen LogP contribution in [0.1, 0.15) is 58.8 Å². The zero-order chi connectivity index (χ0) is 14.8. The van der Waals surface area contributed by atoms with Crippen molar-refractivity contribution in [1.82, 2.24) is 4.90 Å². The van der Waals surface area contributed by atoms with Crippen LogP contribution in [-0.2, 0) is 4.79 Å². The van der Waals surface area contributed by atoms with Crippen molar-refractivity contribution >= 4 is 11.7 Å². The highest BCUT2D eigenvalue weighted by molar-refractivity contribution is 6.06. The molecule has 1 saturated heterocycles. The molecule has 2 unspecified atom stereocenters. The molecule has 1 saturated carbocycles. The third kappa shape index (κ3) is 2.50. The van der Waals surface area contributed by atoms with Gasteiger partial charge in [0.1, 0.15) is 5.41 Å². The highest BCUT2D eigenvalue weighted by Crippen LogP contribution is 2.38. The molecule has 1 aliphatic heterocycles. The summed E-state index contributed by atoms with van der Waals surface area (Å²) in [4.78, 5) is 14.9. The summed E-state index contributed by atoms with van der Waals surface area (Å²) < 4.78 is 0. The van der Waals surface area contributed by atoms with Gasteiger partial charge in [-0.1, -0.05) is 24.9 Å². The third-order valence-corrected chi connectivity index (χ3v) is 5.36. The zero-order valence-electron chi connectivity index (χ0n) is 12.6. The van der Waals surface area contributed by atoms with E-state index in [4.69, 9.17) is 10.9 Å². The highest BCUT2D eigenvalue weighted by Gasteiger charge is 2.44. The first kappa shape index (κ1) is 15.1. The van der Waals surface area contributed by atoms with Gasteiger partial charge in [0.25, 0.3) is 0 Å². The second-order valence-corrected chi connectivity index (χ2v) is 6.42. The van der Waals surface area contributed by atoms with Gasteiger partial charge in [0, 0.05) is 12.6 Å². The van der Waals surface area contributed by atoms with Gasteiger partial charge >= 0.3 is 0 Å². The first-order valence-electron chi connectivity index (χ1n) is 7.83. The number of hydrogen-bond donors (Lipinski definition) is 2. The van der Waals surface area contributed by atoms with Crippen molar-refractivity contribution in [3.63, 3.8) is 0 Å². The monoisotopic (exact) mass is 281 g/mol. The van der Waals surface area contributed by atoms with Crippen molar-refractivity contribution in [2.24, 2.45) is 22.2 Å². The summed E-state index contributed by atoms with van der Waals surface area (Å²) in [6.07, 6.45) is 7.77. The minimum Gasteiger partial charge on any atom is -0.409 e. The topological polar surface area (TPSA) is 78.9 Å². The van der Waals surface area contributed by atoms with Gasteiger partial charge in [0.05, 0.1) is 0 Å². The van der Waals surface area contributed by atoms with Crippen LogP contribution in [0.5, 0.6) is 0 Å². The number of hydrogen-bond acceptors (Lipinski definition) is 3. The molecular formula is C15H27N3O2.